The summed E-state index contributed by atoms with van der Waals surface area (Å²) >= 11 is 0. The summed E-state index contributed by atoms with van der Waals surface area (Å²) < 4.78 is 3.33. The molecule has 2 heterocycles. The van der Waals surface area contributed by atoms with Crippen molar-refractivity contribution in [1.82, 2.24) is 19.6 Å². The highest BCUT2D eigenvalue weighted by molar-refractivity contribution is 5.43. The Morgan fingerprint density at radius 1 is 1.05 bits per heavy atom. The topological polar surface area (TPSA) is 52.7 Å². The van der Waals surface area contributed by atoms with Gasteiger partial charge in [-0.15, -0.1) is 5.10 Å². The third-order valence-corrected chi connectivity index (χ3v) is 2.89. The molecule has 0 fully saturated rings. The lowest BCUT2D eigenvalue weighted by atomic mass is 10.2. The first-order valence-corrected chi connectivity index (χ1v) is 5.91. The number of rotatable bonds is 2. The zero-order valence-electron chi connectivity index (χ0n) is 10.4. The Bertz CT molecular complexity index is 773. The third kappa shape index (κ3) is 2.06. The van der Waals surface area contributed by atoms with Gasteiger partial charge in [-0.05, 0) is 31.2 Å². The molecule has 2 aromatic heterocycles. The van der Waals surface area contributed by atoms with Crippen molar-refractivity contribution in [2.45, 2.75) is 6.92 Å². The molecule has 0 saturated heterocycles. The van der Waals surface area contributed by atoms with E-state index in [9.17, 15) is 4.79 Å². The Morgan fingerprint density at radius 3 is 2.63 bits per heavy atom. The molecular weight excluding hydrogens is 240 g/mol. The first kappa shape index (κ1) is 11.4. The van der Waals surface area contributed by atoms with Gasteiger partial charge >= 0.3 is 0 Å². The molecule has 5 nitrogen and oxygen atoms in total. The summed E-state index contributed by atoms with van der Waals surface area (Å²) in [4.78, 5) is 11.8. The molecule has 0 atom stereocenters. The van der Waals surface area contributed by atoms with Crippen molar-refractivity contribution in [3.63, 3.8) is 0 Å². The van der Waals surface area contributed by atoms with Gasteiger partial charge in [0.1, 0.15) is 0 Å². The van der Waals surface area contributed by atoms with Crippen LogP contribution in [0, 0.1) is 6.92 Å². The summed E-state index contributed by atoms with van der Waals surface area (Å²) in [5, 5.41) is 7.89. The zero-order valence-corrected chi connectivity index (χ0v) is 10.4. The van der Waals surface area contributed by atoms with Gasteiger partial charge in [-0.3, -0.25) is 9.36 Å². The van der Waals surface area contributed by atoms with Gasteiger partial charge in [0, 0.05) is 12.3 Å². The highest BCUT2D eigenvalue weighted by Gasteiger charge is 2.04. The van der Waals surface area contributed by atoms with Crippen LogP contribution < -0.4 is 5.56 Å². The molecule has 3 aromatic rings. The molecule has 1 aromatic carbocycles. The number of aryl methyl sites for hydroxylation is 1. The van der Waals surface area contributed by atoms with E-state index >= 15 is 0 Å². The largest absolute Gasteiger partial charge is 0.284 e. The van der Waals surface area contributed by atoms with Crippen LogP contribution in [0.2, 0.25) is 0 Å². The van der Waals surface area contributed by atoms with E-state index in [1.165, 1.54) is 6.07 Å². The van der Waals surface area contributed by atoms with Gasteiger partial charge in [0.05, 0.1) is 23.3 Å². The fourth-order valence-electron chi connectivity index (χ4n) is 1.96. The number of hydrogen-bond donors (Lipinski definition) is 0. The molecule has 0 N–H and O–H groups in total. The van der Waals surface area contributed by atoms with E-state index in [1.807, 2.05) is 37.3 Å². The highest BCUT2D eigenvalue weighted by atomic mass is 16.1. The molecular formula is C14H12N4O. The second-order valence-corrected chi connectivity index (χ2v) is 4.22. The summed E-state index contributed by atoms with van der Waals surface area (Å²) in [6.45, 7) is 1.93. The smallest absolute Gasteiger partial charge is 0.255 e. The van der Waals surface area contributed by atoms with Gasteiger partial charge in [0.15, 0.2) is 0 Å². The van der Waals surface area contributed by atoms with Crippen LogP contribution in [0.5, 0.6) is 0 Å². The molecule has 0 bridgehead atoms. The molecule has 0 saturated carbocycles. The second kappa shape index (κ2) is 4.53. The van der Waals surface area contributed by atoms with Crippen molar-refractivity contribution < 1.29 is 0 Å². The average molecular weight is 252 g/mol. The van der Waals surface area contributed by atoms with Crippen LogP contribution in [-0.2, 0) is 0 Å². The van der Waals surface area contributed by atoms with E-state index < -0.39 is 0 Å². The predicted octanol–water partition coefficient (Wildman–Crippen LogP) is 1.73. The molecule has 3 rings (SSSR count). The second-order valence-electron chi connectivity index (χ2n) is 4.22. The number of hydrogen-bond acceptors (Lipinski definition) is 3. The van der Waals surface area contributed by atoms with Gasteiger partial charge < -0.3 is 0 Å². The van der Waals surface area contributed by atoms with E-state index in [2.05, 4.69) is 10.3 Å². The first-order chi connectivity index (χ1) is 9.25. The Kier molecular flexibility index (Phi) is 2.72. The number of aromatic nitrogens is 4. The van der Waals surface area contributed by atoms with Crippen molar-refractivity contribution in [3.05, 3.63) is 70.9 Å². The zero-order chi connectivity index (χ0) is 13.2. The van der Waals surface area contributed by atoms with Crippen molar-refractivity contribution in [2.75, 3.05) is 0 Å². The van der Waals surface area contributed by atoms with E-state index in [4.69, 9.17) is 0 Å². The summed E-state index contributed by atoms with van der Waals surface area (Å²) in [7, 11) is 0. The maximum atomic E-state index is 11.8. The third-order valence-electron chi connectivity index (χ3n) is 2.89. The number of pyridine rings is 1. The molecule has 0 radical (unpaired) electrons. The minimum absolute atomic E-state index is 0.0602. The fraction of sp³-hybridized carbons (Fsp3) is 0.0714. The Hall–Kier alpha value is -2.69. The van der Waals surface area contributed by atoms with Gasteiger partial charge in [0.2, 0.25) is 0 Å². The molecule has 94 valence electrons. The number of benzene rings is 1. The molecule has 0 aliphatic rings. The van der Waals surface area contributed by atoms with E-state index in [0.717, 1.165) is 17.1 Å². The van der Waals surface area contributed by atoms with Crippen LogP contribution in [0.25, 0.3) is 11.4 Å². The Morgan fingerprint density at radius 2 is 1.89 bits per heavy atom. The SMILES string of the molecule is Cc1cnnn1-c1cccc(-n2ccccc2=O)c1. The summed E-state index contributed by atoms with van der Waals surface area (Å²) in [6.07, 6.45) is 3.44. The maximum Gasteiger partial charge on any atom is 0.255 e. The van der Waals surface area contributed by atoms with Crippen molar-refractivity contribution >= 4 is 0 Å². The quantitative estimate of drug-likeness (QED) is 0.698. The van der Waals surface area contributed by atoms with Crippen LogP contribution in [0.4, 0.5) is 0 Å². The standard InChI is InChI=1S/C14H12N4O/c1-11-10-15-16-18(11)13-6-4-5-12(9-13)17-8-3-2-7-14(17)19/h2-10H,1H3. The molecule has 0 spiro atoms. The lowest BCUT2D eigenvalue weighted by molar-refractivity contribution is 0.783. The summed E-state index contributed by atoms with van der Waals surface area (Å²) in [5.74, 6) is 0. The van der Waals surface area contributed by atoms with E-state index in [-0.39, 0.29) is 5.56 Å². The van der Waals surface area contributed by atoms with Crippen molar-refractivity contribution in [3.8, 4) is 11.4 Å². The van der Waals surface area contributed by atoms with Crippen LogP contribution >= 0.6 is 0 Å². The summed E-state index contributed by atoms with van der Waals surface area (Å²) in [6, 6.07) is 12.7. The minimum atomic E-state index is -0.0602. The maximum absolute atomic E-state index is 11.8. The van der Waals surface area contributed by atoms with Crippen molar-refractivity contribution in [2.24, 2.45) is 0 Å². The molecule has 0 aliphatic heterocycles. The van der Waals surface area contributed by atoms with E-state index in [0.29, 0.717) is 0 Å². The predicted molar refractivity (Wildman–Crippen MR) is 71.7 cm³/mol. The molecule has 0 aliphatic carbocycles. The molecule has 19 heavy (non-hydrogen) atoms. The van der Waals surface area contributed by atoms with Crippen molar-refractivity contribution in [1.29, 1.82) is 0 Å². The van der Waals surface area contributed by atoms with Gasteiger partial charge in [0.25, 0.3) is 5.56 Å². The van der Waals surface area contributed by atoms with Gasteiger partial charge in [-0.25, -0.2) is 4.68 Å². The summed E-state index contributed by atoms with van der Waals surface area (Å²) in [5.41, 5.74) is 2.56. The fourth-order valence-corrected chi connectivity index (χ4v) is 1.96. The lowest BCUT2D eigenvalue weighted by Crippen LogP contribution is -2.15. The molecule has 0 unspecified atom stereocenters. The molecule has 5 heteroatoms. The molecule has 0 amide bonds. The van der Waals surface area contributed by atoms with E-state index in [1.54, 1.807) is 27.7 Å². The monoisotopic (exact) mass is 252 g/mol. The van der Waals surface area contributed by atoms with Crippen LogP contribution in [0.1, 0.15) is 5.69 Å². The van der Waals surface area contributed by atoms with Crippen LogP contribution in [-0.4, -0.2) is 19.6 Å². The Labute approximate surface area is 109 Å². The van der Waals surface area contributed by atoms with Gasteiger partial charge in [-0.1, -0.05) is 17.3 Å². The minimum Gasteiger partial charge on any atom is -0.284 e. The average Bonchev–Trinajstić information content (AvgIpc) is 2.86. The first-order valence-electron chi connectivity index (χ1n) is 5.91. The van der Waals surface area contributed by atoms with Gasteiger partial charge in [-0.2, -0.15) is 0 Å². The highest BCUT2D eigenvalue weighted by Crippen LogP contribution is 2.13. The number of nitrogens with zero attached hydrogens (tertiary/aromatic N) is 4. The lowest BCUT2D eigenvalue weighted by Gasteiger charge is -2.08. The Balaban J connectivity index is 2.14. The van der Waals surface area contributed by atoms with Crippen LogP contribution in [0.3, 0.4) is 0 Å². The normalized spacial score (nSPS) is 10.6. The van der Waals surface area contributed by atoms with Crippen LogP contribution in [0.15, 0.2) is 59.7 Å².